The van der Waals surface area contributed by atoms with E-state index in [1.807, 2.05) is 19.1 Å². The first kappa shape index (κ1) is 20.7. The molecule has 4 nitrogen and oxygen atoms in total. The summed E-state index contributed by atoms with van der Waals surface area (Å²) in [6, 6.07) is 7.19. The molecule has 1 aromatic rings. The Morgan fingerprint density at radius 2 is 1.36 bits per heavy atom. The monoisotopic (exact) mass is 348 g/mol. The maximum Gasteiger partial charge on any atom is 0.320 e. The van der Waals surface area contributed by atoms with Gasteiger partial charge in [0, 0.05) is 0 Å². The Morgan fingerprint density at radius 3 is 1.64 bits per heavy atom. The molecule has 0 aromatic heterocycles. The molecule has 0 heterocycles. The number of halogens is 2. The summed E-state index contributed by atoms with van der Waals surface area (Å²) in [6.45, 7) is 5.92. The number of ether oxygens (including phenoxy) is 2. The van der Waals surface area contributed by atoms with Crippen molar-refractivity contribution in [3.63, 3.8) is 0 Å². The lowest BCUT2D eigenvalue weighted by Gasteiger charge is -2.12. The van der Waals surface area contributed by atoms with Crippen LogP contribution in [0.25, 0.3) is 0 Å². The van der Waals surface area contributed by atoms with Gasteiger partial charge in [0.25, 0.3) is 0 Å². The van der Waals surface area contributed by atoms with Gasteiger partial charge in [0.1, 0.15) is 0 Å². The lowest BCUT2D eigenvalue weighted by atomic mass is 10.0. The molecule has 22 heavy (non-hydrogen) atoms. The van der Waals surface area contributed by atoms with Crippen LogP contribution in [0.4, 0.5) is 0 Å². The summed E-state index contributed by atoms with van der Waals surface area (Å²) in [5.41, 5.74) is 0. The Hall–Kier alpha value is -1.26. The number of hydrogen-bond donors (Lipinski definition) is 0. The number of rotatable bonds is 6. The summed E-state index contributed by atoms with van der Waals surface area (Å²) >= 11 is 11.2. The summed E-state index contributed by atoms with van der Waals surface area (Å²) in [7, 11) is 0. The zero-order valence-electron chi connectivity index (χ0n) is 13.1. The van der Waals surface area contributed by atoms with Gasteiger partial charge in [-0.1, -0.05) is 48.7 Å². The molecular formula is C16H22Cl2O4. The molecule has 1 rings (SSSR count). The van der Waals surface area contributed by atoms with Gasteiger partial charge in [0.15, 0.2) is 5.92 Å². The van der Waals surface area contributed by atoms with Gasteiger partial charge in [0.05, 0.1) is 23.3 Å². The number of hydrogen-bond acceptors (Lipinski definition) is 4. The Labute approximate surface area is 141 Å². The zero-order chi connectivity index (χ0) is 17.0. The van der Waals surface area contributed by atoms with Crippen LogP contribution in [0.1, 0.15) is 33.6 Å². The summed E-state index contributed by atoms with van der Waals surface area (Å²) in [5.74, 6) is -1.71. The van der Waals surface area contributed by atoms with E-state index in [2.05, 4.69) is 0 Å². The van der Waals surface area contributed by atoms with Crippen molar-refractivity contribution in [3.05, 3.63) is 34.3 Å². The lowest BCUT2D eigenvalue weighted by molar-refractivity contribution is -0.161. The van der Waals surface area contributed by atoms with E-state index in [1.165, 1.54) is 0 Å². The van der Waals surface area contributed by atoms with Crippen molar-refractivity contribution in [1.29, 1.82) is 0 Å². The van der Waals surface area contributed by atoms with Crippen LogP contribution in [0, 0.1) is 5.92 Å². The van der Waals surface area contributed by atoms with E-state index < -0.39 is 17.9 Å². The highest BCUT2D eigenvalue weighted by atomic mass is 35.5. The fraction of sp³-hybridized carbons (Fsp3) is 0.500. The van der Waals surface area contributed by atoms with Gasteiger partial charge >= 0.3 is 11.9 Å². The van der Waals surface area contributed by atoms with Crippen molar-refractivity contribution >= 4 is 35.1 Å². The molecule has 0 aliphatic rings. The first-order valence-corrected chi connectivity index (χ1v) is 7.96. The predicted octanol–water partition coefficient (Wildman–Crippen LogP) is 4.52. The fourth-order valence-electron chi connectivity index (χ4n) is 1.55. The normalized spacial score (nSPS) is 9.73. The smallest absolute Gasteiger partial charge is 0.320 e. The first-order valence-electron chi connectivity index (χ1n) is 7.21. The van der Waals surface area contributed by atoms with Crippen LogP contribution in [-0.2, 0) is 19.1 Å². The Bertz CT molecular complexity index is 424. The van der Waals surface area contributed by atoms with E-state index in [1.54, 1.807) is 26.0 Å². The second kappa shape index (κ2) is 12.3. The average molecular weight is 349 g/mol. The van der Waals surface area contributed by atoms with Crippen LogP contribution in [0.15, 0.2) is 24.3 Å². The SMILES string of the molecule is CCCC(C(=O)OCC)C(=O)OCC.Clc1ccccc1Cl. The van der Waals surface area contributed by atoms with Crippen molar-refractivity contribution in [2.45, 2.75) is 33.6 Å². The van der Waals surface area contributed by atoms with Crippen molar-refractivity contribution in [2.24, 2.45) is 5.92 Å². The van der Waals surface area contributed by atoms with Crippen LogP contribution < -0.4 is 0 Å². The van der Waals surface area contributed by atoms with Crippen molar-refractivity contribution in [2.75, 3.05) is 13.2 Å². The molecule has 0 bridgehead atoms. The molecule has 6 heteroatoms. The molecule has 0 spiro atoms. The van der Waals surface area contributed by atoms with E-state index in [0.29, 0.717) is 29.7 Å². The van der Waals surface area contributed by atoms with Crippen molar-refractivity contribution in [1.82, 2.24) is 0 Å². The molecule has 0 aliphatic carbocycles. The maximum atomic E-state index is 11.3. The third kappa shape index (κ3) is 8.25. The molecule has 0 aliphatic heterocycles. The minimum absolute atomic E-state index is 0.290. The van der Waals surface area contributed by atoms with E-state index in [9.17, 15) is 9.59 Å². The van der Waals surface area contributed by atoms with Gasteiger partial charge in [-0.25, -0.2) is 0 Å². The summed E-state index contributed by atoms with van der Waals surface area (Å²) in [5, 5.41) is 1.21. The van der Waals surface area contributed by atoms with Crippen LogP contribution in [0.3, 0.4) is 0 Å². The number of carbonyl (C=O) groups excluding carboxylic acids is 2. The van der Waals surface area contributed by atoms with Gasteiger partial charge in [0.2, 0.25) is 0 Å². The van der Waals surface area contributed by atoms with Gasteiger partial charge in [-0.2, -0.15) is 0 Å². The molecule has 0 radical (unpaired) electrons. The Kier molecular flexibility index (Phi) is 11.6. The van der Waals surface area contributed by atoms with E-state index in [4.69, 9.17) is 32.7 Å². The molecule has 124 valence electrons. The lowest BCUT2D eigenvalue weighted by Crippen LogP contribution is -2.27. The van der Waals surface area contributed by atoms with Crippen molar-refractivity contribution in [3.8, 4) is 0 Å². The van der Waals surface area contributed by atoms with Crippen LogP contribution in [0.2, 0.25) is 10.0 Å². The standard InChI is InChI=1S/C10H18O4.C6H4Cl2/c1-4-7-8(9(11)13-5-2)10(12)14-6-3;7-5-3-1-2-4-6(5)8/h8H,4-7H2,1-3H3;1-4H. The third-order valence-corrected chi connectivity index (χ3v) is 3.30. The van der Waals surface area contributed by atoms with E-state index in [-0.39, 0.29) is 0 Å². The highest BCUT2D eigenvalue weighted by molar-refractivity contribution is 6.41. The van der Waals surface area contributed by atoms with Gasteiger partial charge in [-0.05, 0) is 32.4 Å². The third-order valence-electron chi connectivity index (χ3n) is 2.54. The fourth-order valence-corrected chi connectivity index (χ4v) is 1.82. The summed E-state index contributed by atoms with van der Waals surface area (Å²) in [4.78, 5) is 22.7. The summed E-state index contributed by atoms with van der Waals surface area (Å²) in [6.07, 6.45) is 1.24. The number of esters is 2. The molecule has 0 unspecified atom stereocenters. The molecule has 0 saturated carbocycles. The molecule has 1 aromatic carbocycles. The maximum absolute atomic E-state index is 11.3. The molecule has 0 saturated heterocycles. The zero-order valence-corrected chi connectivity index (χ0v) is 14.6. The molecule has 0 N–H and O–H groups in total. The molecule has 0 atom stereocenters. The predicted molar refractivity (Wildman–Crippen MR) is 88.1 cm³/mol. The minimum Gasteiger partial charge on any atom is -0.465 e. The second-order valence-corrected chi connectivity index (χ2v) is 5.07. The quantitative estimate of drug-likeness (QED) is 0.560. The van der Waals surface area contributed by atoms with E-state index >= 15 is 0 Å². The largest absolute Gasteiger partial charge is 0.465 e. The van der Waals surface area contributed by atoms with Crippen LogP contribution in [0.5, 0.6) is 0 Å². The molecular weight excluding hydrogens is 327 g/mol. The second-order valence-electron chi connectivity index (χ2n) is 4.26. The highest BCUT2D eigenvalue weighted by Crippen LogP contribution is 2.19. The number of carbonyl (C=O) groups is 2. The van der Waals surface area contributed by atoms with Gasteiger partial charge < -0.3 is 9.47 Å². The first-order chi connectivity index (χ1) is 10.5. The van der Waals surface area contributed by atoms with Crippen molar-refractivity contribution < 1.29 is 19.1 Å². The number of benzene rings is 1. The Balaban J connectivity index is 0.000000461. The highest BCUT2D eigenvalue weighted by Gasteiger charge is 2.28. The van der Waals surface area contributed by atoms with E-state index in [0.717, 1.165) is 6.42 Å². The minimum atomic E-state index is -0.750. The molecule has 0 fully saturated rings. The summed E-state index contributed by atoms with van der Waals surface area (Å²) < 4.78 is 9.57. The average Bonchev–Trinajstić information content (AvgIpc) is 2.49. The Morgan fingerprint density at radius 1 is 0.955 bits per heavy atom. The van der Waals surface area contributed by atoms with Gasteiger partial charge in [-0.3, -0.25) is 9.59 Å². The van der Waals surface area contributed by atoms with Gasteiger partial charge in [-0.15, -0.1) is 0 Å². The van der Waals surface area contributed by atoms with Crippen LogP contribution in [-0.4, -0.2) is 25.2 Å². The topological polar surface area (TPSA) is 52.6 Å². The van der Waals surface area contributed by atoms with Crippen LogP contribution >= 0.6 is 23.2 Å². The molecule has 0 amide bonds.